The molecule has 0 unspecified atom stereocenters. The van der Waals surface area contributed by atoms with Gasteiger partial charge in [-0.1, -0.05) is 0 Å². The lowest BCUT2D eigenvalue weighted by molar-refractivity contribution is 0.426. The highest BCUT2D eigenvalue weighted by Gasteiger charge is 2.20. The van der Waals surface area contributed by atoms with E-state index < -0.39 is 7.12 Å². The van der Waals surface area contributed by atoms with Crippen molar-refractivity contribution in [1.29, 1.82) is 0 Å². The van der Waals surface area contributed by atoms with E-state index in [9.17, 15) is 0 Å². The van der Waals surface area contributed by atoms with Crippen LogP contribution >= 0.6 is 0 Å². The summed E-state index contributed by atoms with van der Waals surface area (Å²) in [5, 5.41) is 18.3. The maximum Gasteiger partial charge on any atom is 0.490 e. The third-order valence-corrected chi connectivity index (χ3v) is 2.28. The van der Waals surface area contributed by atoms with E-state index in [0.717, 1.165) is 18.4 Å². The lowest BCUT2D eigenvalue weighted by atomic mass is 9.77. The maximum absolute atomic E-state index is 9.13. The number of aliphatic imine (C=N–C) groups is 1. The van der Waals surface area contributed by atoms with Gasteiger partial charge in [-0.3, -0.25) is 4.99 Å². The molecular formula is C9H11BN2O2. The summed E-state index contributed by atoms with van der Waals surface area (Å²) < 4.78 is 0. The first kappa shape index (κ1) is 9.24. The van der Waals surface area contributed by atoms with Crippen LogP contribution in [0.3, 0.4) is 0 Å². The Morgan fingerprint density at radius 1 is 1.36 bits per heavy atom. The summed E-state index contributed by atoms with van der Waals surface area (Å²) in [4.78, 5) is 4.15. The van der Waals surface area contributed by atoms with Crippen molar-refractivity contribution in [2.24, 2.45) is 4.99 Å². The van der Waals surface area contributed by atoms with Crippen molar-refractivity contribution in [2.45, 2.75) is 12.8 Å². The normalized spacial score (nSPS) is 13.9. The molecule has 0 amide bonds. The molecule has 0 radical (unpaired) electrons. The van der Waals surface area contributed by atoms with E-state index in [0.29, 0.717) is 16.8 Å². The number of hydrogen-bond acceptors (Lipinski definition) is 4. The van der Waals surface area contributed by atoms with E-state index >= 15 is 0 Å². The summed E-state index contributed by atoms with van der Waals surface area (Å²) >= 11 is 0. The van der Waals surface area contributed by atoms with Gasteiger partial charge < -0.3 is 15.8 Å². The molecule has 1 heterocycles. The van der Waals surface area contributed by atoms with E-state index in [2.05, 4.69) is 4.99 Å². The number of fused-ring (bicyclic) bond motifs is 1. The van der Waals surface area contributed by atoms with Crippen LogP contribution in [-0.4, -0.2) is 23.4 Å². The van der Waals surface area contributed by atoms with E-state index in [1.165, 1.54) is 0 Å². The van der Waals surface area contributed by atoms with E-state index in [1.807, 2.05) is 6.07 Å². The van der Waals surface area contributed by atoms with E-state index in [4.69, 9.17) is 15.8 Å². The van der Waals surface area contributed by atoms with Gasteiger partial charge in [0.25, 0.3) is 0 Å². The first-order valence-electron chi connectivity index (χ1n) is 4.49. The third kappa shape index (κ3) is 1.52. The Morgan fingerprint density at radius 3 is 2.86 bits per heavy atom. The van der Waals surface area contributed by atoms with Crippen LogP contribution in [0.1, 0.15) is 12.0 Å². The van der Waals surface area contributed by atoms with Crippen LogP contribution in [0.4, 0.5) is 11.4 Å². The third-order valence-electron chi connectivity index (χ3n) is 2.28. The molecule has 14 heavy (non-hydrogen) atoms. The summed E-state index contributed by atoms with van der Waals surface area (Å²) in [6.45, 7) is 0. The second-order valence-corrected chi connectivity index (χ2v) is 3.34. The Morgan fingerprint density at radius 2 is 2.14 bits per heavy atom. The van der Waals surface area contributed by atoms with Crippen LogP contribution in [0.15, 0.2) is 17.1 Å². The number of aryl methyl sites for hydroxylation is 1. The second kappa shape index (κ2) is 3.44. The maximum atomic E-state index is 9.13. The van der Waals surface area contributed by atoms with Gasteiger partial charge in [0.1, 0.15) is 0 Å². The average Bonchev–Trinajstić information content (AvgIpc) is 2.16. The first-order valence-corrected chi connectivity index (χ1v) is 4.49. The Hall–Kier alpha value is -1.33. The van der Waals surface area contributed by atoms with Crippen LogP contribution in [-0.2, 0) is 6.42 Å². The smallest absolute Gasteiger partial charge is 0.423 e. The van der Waals surface area contributed by atoms with Gasteiger partial charge in [0.15, 0.2) is 0 Å². The van der Waals surface area contributed by atoms with Crippen molar-refractivity contribution in [3.8, 4) is 0 Å². The van der Waals surface area contributed by atoms with Crippen LogP contribution in [0.5, 0.6) is 0 Å². The van der Waals surface area contributed by atoms with Gasteiger partial charge in [0.05, 0.1) is 5.69 Å². The highest BCUT2D eigenvalue weighted by Crippen LogP contribution is 2.24. The molecular weight excluding hydrogens is 179 g/mol. The average molecular weight is 190 g/mol. The van der Waals surface area contributed by atoms with Crippen molar-refractivity contribution < 1.29 is 10.0 Å². The van der Waals surface area contributed by atoms with Crippen molar-refractivity contribution in [2.75, 3.05) is 5.73 Å². The Balaban J connectivity index is 2.60. The molecule has 1 aromatic carbocycles. The SMILES string of the molecule is Nc1cc2c(c(B(O)O)c1)N=CCC2. The Bertz CT molecular complexity index is 391. The monoisotopic (exact) mass is 190 g/mol. The van der Waals surface area contributed by atoms with Gasteiger partial charge in [-0.25, -0.2) is 0 Å². The van der Waals surface area contributed by atoms with Crippen molar-refractivity contribution in [3.05, 3.63) is 17.7 Å². The molecule has 5 heteroatoms. The molecule has 1 aromatic rings. The largest absolute Gasteiger partial charge is 0.490 e. The lowest BCUT2D eigenvalue weighted by Crippen LogP contribution is -2.31. The molecule has 0 saturated heterocycles. The van der Waals surface area contributed by atoms with Crippen molar-refractivity contribution in [1.82, 2.24) is 0 Å². The second-order valence-electron chi connectivity index (χ2n) is 3.34. The molecule has 0 bridgehead atoms. The number of anilines is 1. The Kier molecular flexibility index (Phi) is 2.27. The molecule has 0 spiro atoms. The molecule has 4 nitrogen and oxygen atoms in total. The van der Waals surface area contributed by atoms with Gasteiger partial charge in [0.2, 0.25) is 0 Å². The van der Waals surface area contributed by atoms with Gasteiger partial charge in [-0.15, -0.1) is 0 Å². The number of nitrogens with two attached hydrogens (primary N) is 1. The predicted octanol–water partition coefficient (Wildman–Crippen LogP) is -0.403. The Labute approximate surface area is 82.2 Å². The molecule has 1 aliphatic rings. The summed E-state index contributed by atoms with van der Waals surface area (Å²) in [6.07, 6.45) is 3.51. The quantitative estimate of drug-likeness (QED) is 0.416. The molecule has 1 aliphatic heterocycles. The van der Waals surface area contributed by atoms with E-state index in [1.54, 1.807) is 12.3 Å². The lowest BCUT2D eigenvalue weighted by Gasteiger charge is -2.14. The molecule has 72 valence electrons. The van der Waals surface area contributed by atoms with Gasteiger partial charge in [0, 0.05) is 17.4 Å². The van der Waals surface area contributed by atoms with Gasteiger partial charge in [-0.05, 0) is 30.5 Å². The zero-order valence-corrected chi connectivity index (χ0v) is 7.64. The summed E-state index contributed by atoms with van der Waals surface area (Å²) in [5.74, 6) is 0. The fourth-order valence-electron chi connectivity index (χ4n) is 1.67. The number of benzene rings is 1. The van der Waals surface area contributed by atoms with Gasteiger partial charge in [-0.2, -0.15) is 0 Å². The molecule has 0 atom stereocenters. The number of rotatable bonds is 1. The summed E-state index contributed by atoms with van der Waals surface area (Å²) in [5.41, 5.74) is 8.21. The zero-order chi connectivity index (χ0) is 10.1. The first-order chi connectivity index (χ1) is 6.68. The van der Waals surface area contributed by atoms with E-state index in [-0.39, 0.29) is 0 Å². The van der Waals surface area contributed by atoms with Crippen molar-refractivity contribution in [3.63, 3.8) is 0 Å². The summed E-state index contributed by atoms with van der Waals surface area (Å²) in [6, 6.07) is 3.38. The van der Waals surface area contributed by atoms with Crippen LogP contribution in [0.25, 0.3) is 0 Å². The fourth-order valence-corrected chi connectivity index (χ4v) is 1.67. The molecule has 0 aromatic heterocycles. The minimum Gasteiger partial charge on any atom is -0.423 e. The van der Waals surface area contributed by atoms with Crippen molar-refractivity contribution >= 4 is 30.2 Å². The van der Waals surface area contributed by atoms with Crippen LogP contribution < -0.4 is 11.2 Å². The topological polar surface area (TPSA) is 78.8 Å². The van der Waals surface area contributed by atoms with Gasteiger partial charge >= 0.3 is 7.12 Å². The molecule has 0 aliphatic carbocycles. The molecule has 0 saturated carbocycles. The van der Waals surface area contributed by atoms with Crippen LogP contribution in [0.2, 0.25) is 0 Å². The summed E-state index contributed by atoms with van der Waals surface area (Å²) in [7, 11) is -1.51. The molecule has 0 fully saturated rings. The fraction of sp³-hybridized carbons (Fsp3) is 0.222. The minimum absolute atomic E-state index is 0.385. The molecule has 2 rings (SSSR count). The zero-order valence-electron chi connectivity index (χ0n) is 7.64. The minimum atomic E-state index is -1.51. The number of nitrogens with zero attached hydrogens (tertiary/aromatic N) is 1. The predicted molar refractivity (Wildman–Crippen MR) is 57.2 cm³/mol. The number of hydrogen-bond donors (Lipinski definition) is 3. The molecule has 4 N–H and O–H groups in total. The number of nitrogen functional groups attached to an aromatic ring is 1. The van der Waals surface area contributed by atoms with Crippen LogP contribution in [0, 0.1) is 0 Å². The highest BCUT2D eigenvalue weighted by molar-refractivity contribution is 6.60. The standard InChI is InChI=1S/C9H11BN2O2/c11-7-4-6-2-1-3-12-9(6)8(5-7)10(13)14/h3-5,13-14H,1-2,11H2. The highest BCUT2D eigenvalue weighted by atomic mass is 16.4.